The topological polar surface area (TPSA) is 72.8 Å². The molecule has 2 aromatic rings. The number of ether oxygens (including phenoxy) is 1. The van der Waals surface area contributed by atoms with Crippen LogP contribution in [0, 0.1) is 12.8 Å². The number of phenols is 1. The van der Waals surface area contributed by atoms with E-state index in [2.05, 4.69) is 0 Å². The van der Waals surface area contributed by atoms with Crippen molar-refractivity contribution in [2.45, 2.75) is 18.2 Å². The molecule has 1 unspecified atom stereocenters. The lowest BCUT2D eigenvalue weighted by atomic mass is 9.98. The number of hydrogen-bond donors (Lipinski definition) is 1. The minimum Gasteiger partial charge on any atom is -0.508 e. The molecule has 2 aromatic carbocycles. The van der Waals surface area contributed by atoms with Crippen LogP contribution in [-0.2, 0) is 20.7 Å². The van der Waals surface area contributed by atoms with Crippen LogP contribution in [0.4, 0.5) is 0 Å². The third-order valence-electron chi connectivity index (χ3n) is 3.86. The lowest BCUT2D eigenvalue weighted by molar-refractivity contribution is 0.162. The first-order valence-electron chi connectivity index (χ1n) is 7.35. The van der Waals surface area contributed by atoms with Gasteiger partial charge in [0.2, 0.25) is 0 Å². The molecule has 1 heterocycles. The molecular weight excluding hydrogens is 316 g/mol. The number of fused-ring (bicyclic) bond motifs is 1. The van der Waals surface area contributed by atoms with Crippen molar-refractivity contribution in [1.29, 1.82) is 0 Å². The summed E-state index contributed by atoms with van der Waals surface area (Å²) < 4.78 is 35.5. The summed E-state index contributed by atoms with van der Waals surface area (Å²) >= 11 is 0. The van der Waals surface area contributed by atoms with E-state index < -0.39 is 10.1 Å². The number of phenolic OH excluding ortho intramolecular Hbond substituents is 1. The van der Waals surface area contributed by atoms with Crippen molar-refractivity contribution in [2.24, 2.45) is 5.92 Å². The van der Waals surface area contributed by atoms with Gasteiger partial charge in [0.15, 0.2) is 0 Å². The molecule has 0 aliphatic carbocycles. The second-order valence-electron chi connectivity index (χ2n) is 5.68. The van der Waals surface area contributed by atoms with Crippen LogP contribution in [0.3, 0.4) is 0 Å². The molecule has 0 spiro atoms. The van der Waals surface area contributed by atoms with Crippen molar-refractivity contribution in [3.8, 4) is 11.5 Å². The van der Waals surface area contributed by atoms with Crippen molar-refractivity contribution in [1.82, 2.24) is 0 Å². The van der Waals surface area contributed by atoms with E-state index in [-0.39, 0.29) is 23.2 Å². The van der Waals surface area contributed by atoms with Crippen LogP contribution in [-0.4, -0.2) is 26.7 Å². The van der Waals surface area contributed by atoms with Gasteiger partial charge in [0, 0.05) is 12.0 Å². The Hall–Kier alpha value is -2.05. The minimum absolute atomic E-state index is 0.00497. The van der Waals surface area contributed by atoms with E-state index in [9.17, 15) is 13.5 Å². The molecule has 1 aliphatic rings. The molecule has 23 heavy (non-hydrogen) atoms. The Labute approximate surface area is 135 Å². The van der Waals surface area contributed by atoms with Crippen LogP contribution in [0.5, 0.6) is 11.5 Å². The summed E-state index contributed by atoms with van der Waals surface area (Å²) in [6.07, 6.45) is 0.713. The molecule has 0 radical (unpaired) electrons. The van der Waals surface area contributed by atoms with Gasteiger partial charge in [-0.15, -0.1) is 0 Å². The molecule has 0 bridgehead atoms. The standard InChI is InChI=1S/C17H18O5S/c1-12-6-7-15(18)9-17(12)23(19,20)22-11-13-8-14-4-2-3-5-16(14)21-10-13/h2-7,9,13,18H,8,10-11H2,1H3. The van der Waals surface area contributed by atoms with Crippen LogP contribution in [0.1, 0.15) is 11.1 Å². The quantitative estimate of drug-likeness (QED) is 0.870. The van der Waals surface area contributed by atoms with Crippen molar-refractivity contribution >= 4 is 10.1 Å². The molecule has 5 nitrogen and oxygen atoms in total. The Morgan fingerprint density at radius 3 is 2.87 bits per heavy atom. The van der Waals surface area contributed by atoms with E-state index in [0.717, 1.165) is 11.3 Å². The highest BCUT2D eigenvalue weighted by atomic mass is 32.2. The van der Waals surface area contributed by atoms with E-state index >= 15 is 0 Å². The number of hydrogen-bond acceptors (Lipinski definition) is 5. The smallest absolute Gasteiger partial charge is 0.297 e. The van der Waals surface area contributed by atoms with Crippen LogP contribution in [0.2, 0.25) is 0 Å². The van der Waals surface area contributed by atoms with E-state index in [1.165, 1.54) is 12.1 Å². The first-order valence-corrected chi connectivity index (χ1v) is 8.76. The molecule has 0 saturated heterocycles. The zero-order valence-electron chi connectivity index (χ0n) is 12.7. The molecule has 122 valence electrons. The Morgan fingerprint density at radius 1 is 1.26 bits per heavy atom. The van der Waals surface area contributed by atoms with Gasteiger partial charge in [0.05, 0.1) is 13.2 Å². The molecule has 0 saturated carbocycles. The second-order valence-corrected chi connectivity index (χ2v) is 7.26. The van der Waals surface area contributed by atoms with Gasteiger partial charge in [-0.1, -0.05) is 24.3 Å². The summed E-state index contributed by atoms with van der Waals surface area (Å²) in [5.41, 5.74) is 1.59. The second kappa shape index (κ2) is 6.22. The number of benzene rings is 2. The highest BCUT2D eigenvalue weighted by Crippen LogP contribution is 2.28. The van der Waals surface area contributed by atoms with Gasteiger partial charge in [-0.25, -0.2) is 0 Å². The number of rotatable bonds is 4. The lowest BCUT2D eigenvalue weighted by Gasteiger charge is -2.24. The molecule has 1 atom stereocenters. The molecule has 3 rings (SSSR count). The molecule has 0 fully saturated rings. The van der Waals surface area contributed by atoms with Crippen molar-refractivity contribution in [2.75, 3.05) is 13.2 Å². The lowest BCUT2D eigenvalue weighted by Crippen LogP contribution is -2.26. The van der Waals surface area contributed by atoms with Crippen molar-refractivity contribution < 1.29 is 22.4 Å². The monoisotopic (exact) mass is 334 g/mol. The third-order valence-corrected chi connectivity index (χ3v) is 5.28. The highest BCUT2D eigenvalue weighted by Gasteiger charge is 2.24. The van der Waals surface area contributed by atoms with E-state index in [1.807, 2.05) is 24.3 Å². The predicted molar refractivity (Wildman–Crippen MR) is 85.1 cm³/mol. The van der Waals surface area contributed by atoms with Gasteiger partial charge in [-0.3, -0.25) is 4.18 Å². The first kappa shape index (κ1) is 15.8. The minimum atomic E-state index is -3.91. The summed E-state index contributed by atoms with van der Waals surface area (Å²) in [5, 5.41) is 9.49. The summed E-state index contributed by atoms with van der Waals surface area (Å²) in [7, 11) is -3.91. The maximum Gasteiger partial charge on any atom is 0.297 e. The Kier molecular flexibility index (Phi) is 4.28. The first-order chi connectivity index (χ1) is 11.0. The maximum atomic E-state index is 12.3. The van der Waals surface area contributed by atoms with Crippen molar-refractivity contribution in [3.05, 3.63) is 53.6 Å². The number of aryl methyl sites for hydroxylation is 1. The Morgan fingerprint density at radius 2 is 2.04 bits per heavy atom. The number of aromatic hydroxyl groups is 1. The zero-order chi connectivity index (χ0) is 16.4. The normalized spacial score (nSPS) is 17.3. The van der Waals surface area contributed by atoms with Gasteiger partial charge in [-0.2, -0.15) is 8.42 Å². The van der Waals surface area contributed by atoms with E-state index in [1.54, 1.807) is 13.0 Å². The zero-order valence-corrected chi connectivity index (χ0v) is 13.5. The molecule has 0 amide bonds. The fourth-order valence-electron chi connectivity index (χ4n) is 2.61. The molecule has 0 aromatic heterocycles. The van der Waals surface area contributed by atoms with Crippen LogP contribution >= 0.6 is 0 Å². The van der Waals surface area contributed by atoms with Crippen LogP contribution in [0.25, 0.3) is 0 Å². The molecular formula is C17H18O5S. The fourth-order valence-corrected chi connectivity index (χ4v) is 3.83. The van der Waals surface area contributed by atoms with Gasteiger partial charge >= 0.3 is 0 Å². The van der Waals surface area contributed by atoms with Crippen molar-refractivity contribution in [3.63, 3.8) is 0 Å². The SMILES string of the molecule is Cc1ccc(O)cc1S(=O)(=O)OCC1COc2ccccc2C1. The molecule has 1 aliphatic heterocycles. The van der Waals surface area contributed by atoms with Crippen LogP contribution in [0.15, 0.2) is 47.4 Å². The fraction of sp³-hybridized carbons (Fsp3) is 0.294. The maximum absolute atomic E-state index is 12.3. The average molecular weight is 334 g/mol. The van der Waals surface area contributed by atoms with Gasteiger partial charge < -0.3 is 9.84 Å². The molecule has 6 heteroatoms. The van der Waals surface area contributed by atoms with Gasteiger partial charge in [0.1, 0.15) is 16.4 Å². The summed E-state index contributed by atoms with van der Waals surface area (Å²) in [6, 6.07) is 11.9. The predicted octanol–water partition coefficient (Wildman–Crippen LogP) is 2.66. The number of para-hydroxylation sites is 1. The molecule has 1 N–H and O–H groups in total. The van der Waals surface area contributed by atoms with E-state index in [4.69, 9.17) is 8.92 Å². The Balaban J connectivity index is 1.70. The Bertz CT molecular complexity index is 813. The average Bonchev–Trinajstić information content (AvgIpc) is 2.55. The van der Waals surface area contributed by atoms with E-state index in [0.29, 0.717) is 18.6 Å². The highest BCUT2D eigenvalue weighted by molar-refractivity contribution is 7.86. The summed E-state index contributed by atoms with van der Waals surface area (Å²) in [6.45, 7) is 2.13. The van der Waals surface area contributed by atoms with Gasteiger partial charge in [0.25, 0.3) is 10.1 Å². The van der Waals surface area contributed by atoms with Gasteiger partial charge in [-0.05, 0) is 36.6 Å². The van der Waals surface area contributed by atoms with Crippen LogP contribution < -0.4 is 4.74 Å². The third kappa shape index (κ3) is 3.48. The summed E-state index contributed by atoms with van der Waals surface area (Å²) in [4.78, 5) is -0.00497. The summed E-state index contributed by atoms with van der Waals surface area (Å²) in [5.74, 6) is 0.709. The largest absolute Gasteiger partial charge is 0.508 e.